The Labute approximate surface area is 156 Å². The molecule has 0 saturated heterocycles. The van der Waals surface area contributed by atoms with Gasteiger partial charge in [-0.2, -0.15) is 0 Å². The predicted octanol–water partition coefficient (Wildman–Crippen LogP) is 5.65. The molecule has 0 aliphatic rings. The molecule has 0 aliphatic carbocycles. The highest BCUT2D eigenvalue weighted by atomic mass is 16.5. The molecule has 5 rings (SSSR count). The lowest BCUT2D eigenvalue weighted by Gasteiger charge is -2.12. The molecule has 5 aromatic rings. The number of hydrogen-bond donors (Lipinski definition) is 1. The van der Waals surface area contributed by atoms with Crippen LogP contribution in [0.15, 0.2) is 54.6 Å². The lowest BCUT2D eigenvalue weighted by molar-refractivity contribution is 0.351. The highest BCUT2D eigenvalue weighted by molar-refractivity contribution is 6.24. The van der Waals surface area contributed by atoms with E-state index in [1.165, 1.54) is 16.2 Å². The first kappa shape index (κ1) is 15.8. The van der Waals surface area contributed by atoms with Crippen molar-refractivity contribution in [3.05, 3.63) is 54.6 Å². The summed E-state index contributed by atoms with van der Waals surface area (Å²) in [6.45, 7) is 0. The summed E-state index contributed by atoms with van der Waals surface area (Å²) in [5.41, 5.74) is 0.998. The molecule has 0 unspecified atom stereocenters. The maximum Gasteiger partial charge on any atom is 0.235 e. The van der Waals surface area contributed by atoms with Gasteiger partial charge in [0.05, 0.1) is 26.8 Å². The van der Waals surface area contributed by atoms with Crippen LogP contribution in [0, 0.1) is 0 Å². The maximum atomic E-state index is 5.77. The molecule has 4 heteroatoms. The zero-order valence-corrected chi connectivity index (χ0v) is 15.4. The fourth-order valence-corrected chi connectivity index (χ4v) is 4.10. The average molecular weight is 357 g/mol. The molecule has 1 N–H and O–H groups in total. The number of hydrogen-bond acceptors (Lipinski definition) is 3. The average Bonchev–Trinajstić information content (AvgIpc) is 3.10. The molecule has 4 aromatic carbocycles. The Morgan fingerprint density at radius 1 is 0.667 bits per heavy atom. The Morgan fingerprint density at radius 3 is 2.11 bits per heavy atom. The highest BCUT2D eigenvalue weighted by Gasteiger charge is 2.17. The van der Waals surface area contributed by atoms with Crippen LogP contribution in [0.3, 0.4) is 0 Å². The first-order valence-electron chi connectivity index (χ1n) is 8.81. The van der Waals surface area contributed by atoms with E-state index in [9.17, 15) is 0 Å². The zero-order chi connectivity index (χ0) is 18.5. The molecule has 27 heavy (non-hydrogen) atoms. The summed E-state index contributed by atoms with van der Waals surface area (Å²) in [6.07, 6.45) is 0. The van der Waals surface area contributed by atoms with Crippen LogP contribution in [0.1, 0.15) is 0 Å². The van der Waals surface area contributed by atoms with Gasteiger partial charge < -0.3 is 19.2 Å². The van der Waals surface area contributed by atoms with Gasteiger partial charge in [0.2, 0.25) is 5.88 Å². The number of nitrogens with one attached hydrogen (secondary N) is 1. The van der Waals surface area contributed by atoms with E-state index in [0.29, 0.717) is 5.88 Å². The van der Waals surface area contributed by atoms with Gasteiger partial charge in [0.1, 0.15) is 5.75 Å². The van der Waals surface area contributed by atoms with Gasteiger partial charge in [-0.1, -0.05) is 42.5 Å². The summed E-state index contributed by atoms with van der Waals surface area (Å²) in [6, 6.07) is 19.0. The number of ether oxygens (including phenoxy) is 3. The Kier molecular flexibility index (Phi) is 3.41. The van der Waals surface area contributed by atoms with E-state index < -0.39 is 0 Å². The third-order valence-corrected chi connectivity index (χ3v) is 5.30. The van der Waals surface area contributed by atoms with Crippen molar-refractivity contribution in [3.63, 3.8) is 0 Å². The molecule has 0 amide bonds. The van der Waals surface area contributed by atoms with Crippen LogP contribution < -0.4 is 14.2 Å². The van der Waals surface area contributed by atoms with Gasteiger partial charge in [0, 0.05) is 16.2 Å². The minimum atomic E-state index is 0.630. The van der Waals surface area contributed by atoms with Gasteiger partial charge in [0.15, 0.2) is 5.75 Å². The smallest absolute Gasteiger partial charge is 0.235 e. The Hall–Kier alpha value is -3.40. The molecule has 4 nitrogen and oxygen atoms in total. The van der Waals surface area contributed by atoms with E-state index in [1.807, 2.05) is 0 Å². The van der Waals surface area contributed by atoms with Crippen molar-refractivity contribution in [1.82, 2.24) is 4.98 Å². The molecule has 0 aliphatic heterocycles. The first-order chi connectivity index (χ1) is 13.3. The number of fused-ring (bicyclic) bond motifs is 7. The summed E-state index contributed by atoms with van der Waals surface area (Å²) in [5.74, 6) is 2.23. The van der Waals surface area contributed by atoms with Crippen LogP contribution in [0.5, 0.6) is 17.4 Å². The topological polar surface area (TPSA) is 43.5 Å². The van der Waals surface area contributed by atoms with E-state index in [-0.39, 0.29) is 0 Å². The van der Waals surface area contributed by atoms with Gasteiger partial charge in [-0.05, 0) is 33.7 Å². The maximum absolute atomic E-state index is 5.77. The summed E-state index contributed by atoms with van der Waals surface area (Å²) in [7, 11) is 5.02. The minimum Gasteiger partial charge on any atom is -0.496 e. The summed E-state index contributed by atoms with van der Waals surface area (Å²) >= 11 is 0. The molecule has 0 radical (unpaired) electrons. The van der Waals surface area contributed by atoms with Gasteiger partial charge in [-0.15, -0.1) is 0 Å². The number of aromatic nitrogens is 1. The predicted molar refractivity (Wildman–Crippen MR) is 110 cm³/mol. The van der Waals surface area contributed by atoms with Crippen molar-refractivity contribution in [2.75, 3.05) is 21.3 Å². The van der Waals surface area contributed by atoms with Crippen molar-refractivity contribution in [2.24, 2.45) is 0 Å². The van der Waals surface area contributed by atoms with Crippen LogP contribution in [0.4, 0.5) is 0 Å². The number of H-pyrrole nitrogens is 1. The summed E-state index contributed by atoms with van der Waals surface area (Å²) in [5, 5.41) is 7.93. The van der Waals surface area contributed by atoms with Gasteiger partial charge in [0.25, 0.3) is 0 Å². The van der Waals surface area contributed by atoms with Crippen LogP contribution in [0.2, 0.25) is 0 Å². The van der Waals surface area contributed by atoms with E-state index in [1.54, 1.807) is 21.3 Å². The molecule has 0 fully saturated rings. The fraction of sp³-hybridized carbons (Fsp3) is 0.130. The van der Waals surface area contributed by atoms with Crippen molar-refractivity contribution in [3.8, 4) is 17.4 Å². The largest absolute Gasteiger partial charge is 0.496 e. The molecule has 0 atom stereocenters. The third-order valence-electron chi connectivity index (χ3n) is 5.30. The van der Waals surface area contributed by atoms with Gasteiger partial charge >= 0.3 is 0 Å². The number of rotatable bonds is 3. The molecule has 134 valence electrons. The first-order valence-corrected chi connectivity index (χ1v) is 8.81. The van der Waals surface area contributed by atoms with E-state index >= 15 is 0 Å². The lowest BCUT2D eigenvalue weighted by atomic mass is 9.95. The number of methoxy groups -OCH3 is 3. The van der Waals surface area contributed by atoms with Crippen molar-refractivity contribution >= 4 is 43.2 Å². The van der Waals surface area contributed by atoms with Crippen molar-refractivity contribution in [1.29, 1.82) is 0 Å². The SMILES string of the molecule is COc1[nH]c2c(ccc3c2ccc2c4ccccc4cc(OC)c23)c1OC. The zero-order valence-electron chi connectivity index (χ0n) is 15.4. The van der Waals surface area contributed by atoms with Gasteiger partial charge in [-0.25, -0.2) is 0 Å². The third kappa shape index (κ3) is 2.10. The standard InChI is InChI=1S/C23H19NO3/c1-25-19-12-13-6-4-5-7-14(13)15-8-10-17-16(20(15)19)9-11-18-21(17)24-23(27-3)22(18)26-2/h4-12,24H,1-3H3. The number of benzene rings is 4. The summed E-state index contributed by atoms with van der Waals surface area (Å²) in [4.78, 5) is 3.36. The van der Waals surface area contributed by atoms with E-state index in [0.717, 1.165) is 38.6 Å². The lowest BCUT2D eigenvalue weighted by Crippen LogP contribution is -1.89. The monoisotopic (exact) mass is 357 g/mol. The Morgan fingerprint density at radius 2 is 1.37 bits per heavy atom. The van der Waals surface area contributed by atoms with Crippen LogP contribution in [-0.4, -0.2) is 26.3 Å². The molecular weight excluding hydrogens is 338 g/mol. The normalized spacial score (nSPS) is 11.5. The Bertz CT molecular complexity index is 1330. The molecule has 0 saturated carbocycles. The van der Waals surface area contributed by atoms with Crippen molar-refractivity contribution < 1.29 is 14.2 Å². The second kappa shape index (κ2) is 5.81. The van der Waals surface area contributed by atoms with Crippen molar-refractivity contribution in [2.45, 2.75) is 0 Å². The fourth-order valence-electron chi connectivity index (χ4n) is 4.10. The summed E-state index contributed by atoms with van der Waals surface area (Å²) < 4.78 is 16.8. The second-order valence-corrected chi connectivity index (χ2v) is 6.56. The quantitative estimate of drug-likeness (QED) is 0.424. The van der Waals surface area contributed by atoms with Gasteiger partial charge in [-0.3, -0.25) is 0 Å². The molecule has 0 spiro atoms. The molecule has 0 bridgehead atoms. The molecule has 1 heterocycles. The minimum absolute atomic E-state index is 0.630. The van der Waals surface area contributed by atoms with Crippen LogP contribution in [-0.2, 0) is 0 Å². The molecule has 1 aromatic heterocycles. The number of aromatic amines is 1. The van der Waals surface area contributed by atoms with Crippen LogP contribution in [0.25, 0.3) is 43.2 Å². The second-order valence-electron chi connectivity index (χ2n) is 6.56. The highest BCUT2D eigenvalue weighted by Crippen LogP contribution is 2.43. The molecular formula is C23H19NO3. The van der Waals surface area contributed by atoms with E-state index in [4.69, 9.17) is 14.2 Å². The Balaban J connectivity index is 1.99. The van der Waals surface area contributed by atoms with E-state index in [2.05, 4.69) is 59.6 Å². The van der Waals surface area contributed by atoms with Crippen LogP contribution >= 0.6 is 0 Å².